The van der Waals surface area contributed by atoms with Crippen LogP contribution in [0.3, 0.4) is 0 Å². The standard InChI is InChI=1S/C20H15FN3/c21-17-10-5-4-9-16(17)14-24-18(15-7-2-1-3-8-15)13-19(24)20-22-11-6-12-23-20/h1-13H,14H2/q+1. The number of allylic oxidation sites excluding steroid dienone is 1. The summed E-state index contributed by atoms with van der Waals surface area (Å²) in [4.78, 5) is 8.63. The van der Waals surface area contributed by atoms with Gasteiger partial charge in [-0.1, -0.05) is 30.3 Å². The van der Waals surface area contributed by atoms with Crippen molar-refractivity contribution in [3.63, 3.8) is 0 Å². The van der Waals surface area contributed by atoms with Gasteiger partial charge >= 0.3 is 0 Å². The van der Waals surface area contributed by atoms with Crippen molar-refractivity contribution in [1.29, 1.82) is 0 Å². The van der Waals surface area contributed by atoms with Crippen molar-refractivity contribution in [3.8, 4) is 0 Å². The zero-order chi connectivity index (χ0) is 16.4. The largest absolute Gasteiger partial charge is 0.257 e. The van der Waals surface area contributed by atoms with Gasteiger partial charge in [0.15, 0.2) is 6.54 Å². The minimum Gasteiger partial charge on any atom is -0.231 e. The van der Waals surface area contributed by atoms with Crippen LogP contribution >= 0.6 is 0 Å². The van der Waals surface area contributed by atoms with E-state index in [2.05, 4.69) is 14.5 Å². The van der Waals surface area contributed by atoms with E-state index in [-0.39, 0.29) is 5.82 Å². The first-order chi connectivity index (χ1) is 11.8. The molecular formula is C20H15FN3+. The van der Waals surface area contributed by atoms with Crippen LogP contribution in [0.15, 0.2) is 79.1 Å². The van der Waals surface area contributed by atoms with E-state index in [1.165, 1.54) is 6.07 Å². The van der Waals surface area contributed by atoms with Crippen LogP contribution in [0, 0.1) is 5.82 Å². The van der Waals surface area contributed by atoms with E-state index in [0.717, 1.165) is 17.0 Å². The second kappa shape index (κ2) is 6.16. The highest BCUT2D eigenvalue weighted by Gasteiger charge is 2.34. The molecule has 0 saturated carbocycles. The van der Waals surface area contributed by atoms with Crippen LogP contribution in [-0.2, 0) is 6.54 Å². The maximum absolute atomic E-state index is 14.1. The smallest absolute Gasteiger partial charge is 0.231 e. The van der Waals surface area contributed by atoms with Crippen molar-refractivity contribution < 1.29 is 8.97 Å². The topological polar surface area (TPSA) is 28.8 Å². The normalized spacial score (nSPS) is 13.5. The maximum atomic E-state index is 14.1. The third-order valence-corrected chi connectivity index (χ3v) is 4.01. The minimum absolute atomic E-state index is 0.204. The lowest BCUT2D eigenvalue weighted by Crippen LogP contribution is -2.30. The summed E-state index contributed by atoms with van der Waals surface area (Å²) in [5.74, 6) is 0.443. The van der Waals surface area contributed by atoms with Gasteiger partial charge in [-0.25, -0.2) is 14.4 Å². The summed E-state index contributed by atoms with van der Waals surface area (Å²) in [7, 11) is 0. The molecule has 1 aliphatic heterocycles. The summed E-state index contributed by atoms with van der Waals surface area (Å²) < 4.78 is 16.1. The highest BCUT2D eigenvalue weighted by atomic mass is 19.1. The average molecular weight is 316 g/mol. The Morgan fingerprint density at radius 3 is 2.29 bits per heavy atom. The highest BCUT2D eigenvalue weighted by Crippen LogP contribution is 2.26. The Morgan fingerprint density at radius 1 is 0.833 bits per heavy atom. The van der Waals surface area contributed by atoms with Gasteiger partial charge in [0.1, 0.15) is 5.82 Å². The molecule has 4 heteroatoms. The molecule has 0 saturated heterocycles. The van der Waals surface area contributed by atoms with Gasteiger partial charge in [0.05, 0.1) is 11.6 Å². The second-order valence-electron chi connectivity index (χ2n) is 5.53. The first kappa shape index (κ1) is 14.5. The second-order valence-corrected chi connectivity index (χ2v) is 5.53. The van der Waals surface area contributed by atoms with Gasteiger partial charge in [0.25, 0.3) is 5.71 Å². The molecule has 2 aromatic carbocycles. The van der Waals surface area contributed by atoms with Crippen molar-refractivity contribution >= 4 is 11.4 Å². The fourth-order valence-electron chi connectivity index (χ4n) is 2.78. The van der Waals surface area contributed by atoms with Crippen molar-refractivity contribution in [3.05, 3.63) is 102 Å². The van der Waals surface area contributed by atoms with E-state index in [0.29, 0.717) is 17.9 Å². The molecule has 0 bridgehead atoms. The summed E-state index contributed by atoms with van der Waals surface area (Å²) >= 11 is 0. The molecule has 3 aromatic rings. The molecule has 24 heavy (non-hydrogen) atoms. The monoisotopic (exact) mass is 316 g/mol. The molecule has 3 nitrogen and oxygen atoms in total. The van der Waals surface area contributed by atoms with Crippen molar-refractivity contribution in [2.75, 3.05) is 0 Å². The van der Waals surface area contributed by atoms with Crippen molar-refractivity contribution in [1.82, 2.24) is 9.97 Å². The molecule has 1 aliphatic rings. The molecule has 0 unspecified atom stereocenters. The van der Waals surface area contributed by atoms with Crippen molar-refractivity contribution in [2.45, 2.75) is 6.54 Å². The van der Waals surface area contributed by atoms with E-state index < -0.39 is 0 Å². The summed E-state index contributed by atoms with van der Waals surface area (Å²) in [6.07, 6.45) is 5.47. The van der Waals surface area contributed by atoms with E-state index in [9.17, 15) is 4.39 Å². The number of benzene rings is 2. The zero-order valence-electron chi connectivity index (χ0n) is 12.9. The molecule has 0 amide bonds. The Morgan fingerprint density at radius 2 is 1.54 bits per heavy atom. The molecule has 2 heterocycles. The highest BCUT2D eigenvalue weighted by molar-refractivity contribution is 6.11. The lowest BCUT2D eigenvalue weighted by molar-refractivity contribution is -0.458. The fourth-order valence-corrected chi connectivity index (χ4v) is 2.78. The van der Waals surface area contributed by atoms with Gasteiger partial charge < -0.3 is 0 Å². The number of rotatable bonds is 4. The summed E-state index contributed by atoms with van der Waals surface area (Å²) in [6.45, 7) is 0.445. The Hall–Kier alpha value is -3.14. The van der Waals surface area contributed by atoms with Gasteiger partial charge in [0, 0.05) is 18.0 Å². The minimum atomic E-state index is -0.204. The van der Waals surface area contributed by atoms with Gasteiger partial charge in [-0.05, 0) is 30.3 Å². The molecule has 0 aliphatic carbocycles. The molecule has 0 spiro atoms. The van der Waals surface area contributed by atoms with Crippen LogP contribution in [0.1, 0.15) is 17.0 Å². The molecule has 0 N–H and O–H groups in total. The lowest BCUT2D eigenvalue weighted by atomic mass is 10.0. The van der Waals surface area contributed by atoms with Gasteiger partial charge in [-0.15, -0.1) is 0 Å². The van der Waals surface area contributed by atoms with Crippen LogP contribution < -0.4 is 0 Å². The van der Waals surface area contributed by atoms with E-state index in [1.54, 1.807) is 30.6 Å². The fraction of sp³-hybridized carbons (Fsp3) is 0.0500. The molecular weight excluding hydrogens is 301 g/mol. The number of hydrogen-bond donors (Lipinski definition) is 0. The summed E-state index contributed by atoms with van der Waals surface area (Å²) in [5, 5.41) is 0. The van der Waals surface area contributed by atoms with E-state index >= 15 is 0 Å². The molecule has 0 fully saturated rings. The summed E-state index contributed by atoms with van der Waals surface area (Å²) in [6, 6.07) is 18.7. The van der Waals surface area contributed by atoms with E-state index in [4.69, 9.17) is 0 Å². The Labute approximate surface area is 139 Å². The predicted octanol–water partition coefficient (Wildman–Crippen LogP) is 3.67. The van der Waals surface area contributed by atoms with Gasteiger partial charge in [-0.2, -0.15) is 4.58 Å². The third kappa shape index (κ3) is 2.63. The maximum Gasteiger partial charge on any atom is 0.257 e. The first-order valence-corrected chi connectivity index (χ1v) is 7.75. The lowest BCUT2D eigenvalue weighted by Gasteiger charge is -2.17. The quantitative estimate of drug-likeness (QED) is 0.687. The van der Waals surface area contributed by atoms with Gasteiger partial charge in [0.2, 0.25) is 11.5 Å². The molecule has 116 valence electrons. The number of nitrogens with zero attached hydrogens (tertiary/aromatic N) is 3. The van der Waals surface area contributed by atoms with Crippen LogP contribution in [0.25, 0.3) is 5.70 Å². The number of halogens is 1. The molecule has 4 rings (SSSR count). The van der Waals surface area contributed by atoms with Crippen LogP contribution in [0.5, 0.6) is 0 Å². The van der Waals surface area contributed by atoms with Crippen LogP contribution in [0.2, 0.25) is 0 Å². The molecule has 1 aromatic heterocycles. The zero-order valence-corrected chi connectivity index (χ0v) is 12.9. The number of hydrogen-bond acceptors (Lipinski definition) is 2. The number of aromatic nitrogens is 2. The van der Waals surface area contributed by atoms with E-state index in [1.807, 2.05) is 42.5 Å². The predicted molar refractivity (Wildman–Crippen MR) is 90.9 cm³/mol. The Balaban J connectivity index is 1.75. The third-order valence-electron chi connectivity index (χ3n) is 4.01. The van der Waals surface area contributed by atoms with Crippen molar-refractivity contribution in [2.24, 2.45) is 0 Å². The first-order valence-electron chi connectivity index (χ1n) is 7.75. The molecule has 0 radical (unpaired) electrons. The average Bonchev–Trinajstić information content (AvgIpc) is 2.62. The SMILES string of the molecule is Fc1ccccc1C[N+]1=C(c2ncccn2)C=C1c1ccccc1. The Kier molecular flexibility index (Phi) is 3.71. The van der Waals surface area contributed by atoms with Crippen LogP contribution in [-0.4, -0.2) is 20.3 Å². The Bertz CT molecular complexity index is 931. The van der Waals surface area contributed by atoms with Crippen LogP contribution in [0.4, 0.5) is 4.39 Å². The van der Waals surface area contributed by atoms with Gasteiger partial charge in [-0.3, -0.25) is 0 Å². The molecule has 0 atom stereocenters. The summed E-state index contributed by atoms with van der Waals surface area (Å²) in [5.41, 5.74) is 3.68.